The highest BCUT2D eigenvalue weighted by Crippen LogP contribution is 2.04. The fourth-order valence-corrected chi connectivity index (χ4v) is 2.80. The van der Waals surface area contributed by atoms with Crippen molar-refractivity contribution >= 4 is 8.80 Å². The van der Waals surface area contributed by atoms with Crippen LogP contribution < -0.4 is 0 Å². The SMILES string of the molecule is CCC[SiH](C#N)C(OC)OC. The van der Waals surface area contributed by atoms with E-state index in [9.17, 15) is 0 Å². The van der Waals surface area contributed by atoms with Crippen LogP contribution in [0.5, 0.6) is 0 Å². The van der Waals surface area contributed by atoms with Crippen molar-refractivity contribution in [3.8, 4) is 5.69 Å². The molecule has 1 atom stereocenters. The van der Waals surface area contributed by atoms with Gasteiger partial charge >= 0.3 is 0 Å². The molecule has 4 heteroatoms. The molecular weight excluding hydrogens is 158 g/mol. The van der Waals surface area contributed by atoms with Gasteiger partial charge in [-0.2, -0.15) is 0 Å². The van der Waals surface area contributed by atoms with Crippen LogP contribution in [0.1, 0.15) is 13.3 Å². The van der Waals surface area contributed by atoms with Gasteiger partial charge in [0, 0.05) is 19.9 Å². The van der Waals surface area contributed by atoms with Gasteiger partial charge in [0.05, 0.1) is 0 Å². The van der Waals surface area contributed by atoms with Crippen molar-refractivity contribution in [1.82, 2.24) is 0 Å². The fraction of sp³-hybridized carbons (Fsp3) is 0.857. The summed E-state index contributed by atoms with van der Waals surface area (Å²) in [5.74, 6) is -0.236. The van der Waals surface area contributed by atoms with E-state index in [-0.39, 0.29) is 5.91 Å². The zero-order valence-electron chi connectivity index (χ0n) is 7.33. The van der Waals surface area contributed by atoms with E-state index >= 15 is 0 Å². The highest BCUT2D eigenvalue weighted by atomic mass is 28.3. The van der Waals surface area contributed by atoms with Gasteiger partial charge in [-0.25, -0.2) is 5.26 Å². The van der Waals surface area contributed by atoms with Gasteiger partial charge in [-0.3, -0.25) is 0 Å². The van der Waals surface area contributed by atoms with Gasteiger partial charge in [0.25, 0.3) is 0 Å². The molecule has 0 aromatic rings. The van der Waals surface area contributed by atoms with E-state index in [0.29, 0.717) is 0 Å². The van der Waals surface area contributed by atoms with Gasteiger partial charge < -0.3 is 9.47 Å². The third-order valence-electron chi connectivity index (χ3n) is 1.56. The van der Waals surface area contributed by atoms with Crippen molar-refractivity contribution in [2.75, 3.05) is 14.2 Å². The molecule has 0 radical (unpaired) electrons. The van der Waals surface area contributed by atoms with Crippen LogP contribution in [0.2, 0.25) is 6.04 Å². The minimum Gasteiger partial charge on any atom is -0.359 e. The summed E-state index contributed by atoms with van der Waals surface area (Å²) < 4.78 is 10.0. The summed E-state index contributed by atoms with van der Waals surface area (Å²) in [6, 6.07) is 0.961. The molecule has 11 heavy (non-hydrogen) atoms. The van der Waals surface area contributed by atoms with Crippen LogP contribution in [-0.2, 0) is 9.47 Å². The Balaban J connectivity index is 3.89. The van der Waals surface area contributed by atoms with E-state index in [1.165, 1.54) is 0 Å². The van der Waals surface area contributed by atoms with Crippen molar-refractivity contribution in [1.29, 1.82) is 5.26 Å². The Kier molecular flexibility index (Phi) is 6.13. The summed E-state index contributed by atoms with van der Waals surface area (Å²) in [6.45, 7) is 2.07. The Hall–Kier alpha value is -0.373. The van der Waals surface area contributed by atoms with Crippen molar-refractivity contribution < 1.29 is 9.47 Å². The third kappa shape index (κ3) is 3.51. The van der Waals surface area contributed by atoms with E-state index in [2.05, 4.69) is 12.6 Å². The van der Waals surface area contributed by atoms with Gasteiger partial charge in [0.15, 0.2) is 5.91 Å². The van der Waals surface area contributed by atoms with E-state index in [4.69, 9.17) is 14.7 Å². The number of rotatable bonds is 5. The summed E-state index contributed by atoms with van der Waals surface area (Å²) in [7, 11) is 1.70. The number of hydrogen-bond donors (Lipinski definition) is 0. The van der Waals surface area contributed by atoms with Gasteiger partial charge in [-0.05, 0) is 6.04 Å². The number of nitrogens with zero attached hydrogens (tertiary/aromatic N) is 1. The molecule has 0 heterocycles. The summed E-state index contributed by atoms with van der Waals surface area (Å²) in [4.78, 5) is 0. The van der Waals surface area contributed by atoms with E-state index in [1.54, 1.807) is 14.2 Å². The lowest BCUT2D eigenvalue weighted by Crippen LogP contribution is -2.32. The average Bonchev–Trinajstić information content (AvgIpc) is 2.05. The first-order valence-electron chi connectivity index (χ1n) is 3.75. The monoisotopic (exact) mass is 173 g/mol. The van der Waals surface area contributed by atoms with Gasteiger partial charge in [-0.15, -0.1) is 0 Å². The second-order valence-corrected chi connectivity index (χ2v) is 4.96. The van der Waals surface area contributed by atoms with Crippen LogP contribution in [0.4, 0.5) is 0 Å². The van der Waals surface area contributed by atoms with Crippen LogP contribution in [0.3, 0.4) is 0 Å². The van der Waals surface area contributed by atoms with E-state index < -0.39 is 8.80 Å². The van der Waals surface area contributed by atoms with Gasteiger partial charge in [0.1, 0.15) is 0 Å². The first-order chi connectivity index (χ1) is 5.29. The molecule has 0 aliphatic heterocycles. The molecule has 0 aliphatic rings. The zero-order chi connectivity index (χ0) is 8.69. The van der Waals surface area contributed by atoms with Crippen LogP contribution in [0.25, 0.3) is 0 Å². The molecule has 0 saturated heterocycles. The van der Waals surface area contributed by atoms with Crippen molar-refractivity contribution in [3.63, 3.8) is 0 Å². The maximum atomic E-state index is 8.74. The van der Waals surface area contributed by atoms with E-state index in [0.717, 1.165) is 12.5 Å². The summed E-state index contributed by atoms with van der Waals surface area (Å²) in [5, 5.41) is 8.74. The molecular formula is C7H15NO2Si. The Morgan fingerprint density at radius 1 is 1.45 bits per heavy atom. The summed E-state index contributed by atoms with van der Waals surface area (Å²) in [6.07, 6.45) is 1.04. The molecule has 64 valence electrons. The fourth-order valence-electron chi connectivity index (χ4n) is 0.997. The van der Waals surface area contributed by atoms with Crippen molar-refractivity contribution in [3.05, 3.63) is 0 Å². The number of methoxy groups -OCH3 is 2. The maximum absolute atomic E-state index is 8.74. The molecule has 0 amide bonds. The summed E-state index contributed by atoms with van der Waals surface area (Å²) >= 11 is 0. The Morgan fingerprint density at radius 2 is 2.00 bits per heavy atom. The normalized spacial score (nSPS) is 13.0. The molecule has 0 spiro atoms. The second kappa shape index (κ2) is 6.34. The minimum absolute atomic E-state index is 0.236. The lowest BCUT2D eigenvalue weighted by atomic mass is 10.6. The summed E-state index contributed by atoms with van der Waals surface area (Å²) in [5.41, 5.74) is 2.29. The predicted octanol–water partition coefficient (Wildman–Crippen LogP) is 0.844. The van der Waals surface area contributed by atoms with Crippen molar-refractivity contribution in [2.45, 2.75) is 25.3 Å². The molecule has 0 aliphatic carbocycles. The molecule has 0 bridgehead atoms. The average molecular weight is 173 g/mol. The standard InChI is InChI=1S/C7H15NO2Si/c1-4-5-11(6-8)7(9-2)10-3/h7,11H,4-5H2,1-3H3. The highest BCUT2D eigenvalue weighted by Gasteiger charge is 2.21. The topological polar surface area (TPSA) is 42.2 Å². The van der Waals surface area contributed by atoms with Crippen LogP contribution in [0, 0.1) is 11.0 Å². The number of hydrogen-bond acceptors (Lipinski definition) is 3. The lowest BCUT2D eigenvalue weighted by molar-refractivity contribution is -0.0461. The van der Waals surface area contributed by atoms with Gasteiger partial charge in [0.2, 0.25) is 8.80 Å². The quantitative estimate of drug-likeness (QED) is 0.457. The first-order valence-corrected chi connectivity index (χ1v) is 5.81. The highest BCUT2D eigenvalue weighted by molar-refractivity contribution is 6.67. The van der Waals surface area contributed by atoms with Crippen molar-refractivity contribution in [2.24, 2.45) is 0 Å². The minimum atomic E-state index is -1.47. The Morgan fingerprint density at radius 3 is 2.27 bits per heavy atom. The first kappa shape index (κ1) is 10.6. The third-order valence-corrected chi connectivity index (χ3v) is 4.29. The Bertz CT molecular complexity index is 131. The molecule has 0 aromatic carbocycles. The number of nitriles is 1. The van der Waals surface area contributed by atoms with Gasteiger partial charge in [-0.1, -0.05) is 13.3 Å². The largest absolute Gasteiger partial charge is 0.359 e. The molecule has 0 N–H and O–H groups in total. The predicted molar refractivity (Wildman–Crippen MR) is 45.7 cm³/mol. The molecule has 0 fully saturated rings. The Labute approximate surface area is 69.5 Å². The maximum Gasteiger partial charge on any atom is 0.221 e. The second-order valence-electron chi connectivity index (χ2n) is 2.36. The number of ether oxygens (including phenoxy) is 2. The van der Waals surface area contributed by atoms with Crippen LogP contribution >= 0.6 is 0 Å². The smallest absolute Gasteiger partial charge is 0.221 e. The molecule has 1 unspecified atom stereocenters. The van der Waals surface area contributed by atoms with Crippen LogP contribution in [-0.4, -0.2) is 28.9 Å². The lowest BCUT2D eigenvalue weighted by Gasteiger charge is -2.16. The molecule has 0 saturated carbocycles. The zero-order valence-corrected chi connectivity index (χ0v) is 8.49. The molecule has 0 aromatic heterocycles. The van der Waals surface area contributed by atoms with E-state index in [1.807, 2.05) is 0 Å². The molecule has 0 rings (SSSR count). The van der Waals surface area contributed by atoms with Crippen LogP contribution in [0.15, 0.2) is 0 Å². The molecule has 3 nitrogen and oxygen atoms in total.